The van der Waals surface area contributed by atoms with E-state index in [1.54, 1.807) is 21.5 Å². The molecule has 1 fully saturated rings. The van der Waals surface area contributed by atoms with E-state index in [-0.39, 0.29) is 18.4 Å². The zero-order chi connectivity index (χ0) is 16.7. The maximum Gasteiger partial charge on any atom is 0.241 e. The topological polar surface area (TPSA) is 58.4 Å². The summed E-state index contributed by atoms with van der Waals surface area (Å²) in [6.45, 7) is 1.57. The molecule has 0 aromatic carbocycles. The van der Waals surface area contributed by atoms with Crippen LogP contribution in [0.2, 0.25) is 0 Å². The molecule has 128 valence electrons. The lowest BCUT2D eigenvalue weighted by Crippen LogP contribution is -2.42. The minimum Gasteiger partial charge on any atom is -0.344 e. The summed E-state index contributed by atoms with van der Waals surface area (Å²) in [4.78, 5) is 28.0. The van der Waals surface area contributed by atoms with E-state index in [0.29, 0.717) is 19.5 Å². The van der Waals surface area contributed by atoms with Gasteiger partial charge in [-0.15, -0.1) is 0 Å². The Morgan fingerprint density at radius 1 is 1.26 bits per heavy atom. The van der Waals surface area contributed by atoms with Gasteiger partial charge < -0.3 is 9.80 Å². The second kappa shape index (κ2) is 8.70. The van der Waals surface area contributed by atoms with E-state index in [2.05, 4.69) is 5.10 Å². The number of aromatic nitrogens is 2. The summed E-state index contributed by atoms with van der Waals surface area (Å²) < 4.78 is 1.76. The van der Waals surface area contributed by atoms with Gasteiger partial charge in [0, 0.05) is 39.8 Å². The molecule has 1 saturated heterocycles. The summed E-state index contributed by atoms with van der Waals surface area (Å²) in [5, 5.41) is 4.13. The first-order valence-electron chi connectivity index (χ1n) is 8.55. The third kappa shape index (κ3) is 5.69. The second-order valence-electron chi connectivity index (χ2n) is 6.42. The molecule has 0 N–H and O–H groups in total. The first kappa shape index (κ1) is 17.5. The van der Waals surface area contributed by atoms with Crippen LogP contribution in [0.15, 0.2) is 12.4 Å². The van der Waals surface area contributed by atoms with Crippen molar-refractivity contribution in [3.8, 4) is 0 Å². The molecular formula is C17H28N4O2. The van der Waals surface area contributed by atoms with Gasteiger partial charge in [0.25, 0.3) is 0 Å². The Labute approximate surface area is 138 Å². The lowest BCUT2D eigenvalue weighted by Gasteiger charge is -2.25. The van der Waals surface area contributed by atoms with Gasteiger partial charge in [-0.1, -0.05) is 19.3 Å². The van der Waals surface area contributed by atoms with Crippen LogP contribution in [0, 0.1) is 0 Å². The van der Waals surface area contributed by atoms with Crippen LogP contribution >= 0.6 is 0 Å². The molecule has 1 aromatic rings. The Morgan fingerprint density at radius 2 is 2.00 bits per heavy atom. The van der Waals surface area contributed by atoms with Crippen LogP contribution in [-0.4, -0.2) is 58.1 Å². The Hall–Kier alpha value is -1.85. The number of nitrogens with zero attached hydrogens (tertiary/aromatic N) is 4. The number of rotatable bonds is 5. The van der Waals surface area contributed by atoms with Crippen molar-refractivity contribution < 1.29 is 9.59 Å². The number of amides is 2. The van der Waals surface area contributed by atoms with Crippen molar-refractivity contribution in [1.82, 2.24) is 19.6 Å². The fraction of sp³-hybridized carbons (Fsp3) is 0.706. The molecule has 2 heterocycles. The van der Waals surface area contributed by atoms with E-state index in [0.717, 1.165) is 37.7 Å². The van der Waals surface area contributed by atoms with Crippen LogP contribution in [0.5, 0.6) is 0 Å². The molecule has 1 aromatic heterocycles. The number of carbonyl (C=O) groups is 2. The van der Waals surface area contributed by atoms with Crippen molar-refractivity contribution in [3.05, 3.63) is 18.0 Å². The summed E-state index contributed by atoms with van der Waals surface area (Å²) in [6, 6.07) is 0. The Morgan fingerprint density at radius 3 is 2.74 bits per heavy atom. The van der Waals surface area contributed by atoms with E-state index in [4.69, 9.17) is 0 Å². The molecule has 0 unspecified atom stereocenters. The van der Waals surface area contributed by atoms with Gasteiger partial charge in [0.2, 0.25) is 11.8 Å². The van der Waals surface area contributed by atoms with Gasteiger partial charge in [-0.2, -0.15) is 5.10 Å². The van der Waals surface area contributed by atoms with E-state index in [9.17, 15) is 9.59 Å². The van der Waals surface area contributed by atoms with Crippen molar-refractivity contribution in [2.24, 2.45) is 7.05 Å². The van der Waals surface area contributed by atoms with Crippen molar-refractivity contribution >= 4 is 11.8 Å². The molecule has 0 spiro atoms. The average Bonchev–Trinajstić information content (AvgIpc) is 2.97. The number of hydrogen-bond donors (Lipinski definition) is 0. The molecule has 6 heteroatoms. The number of hydrogen-bond acceptors (Lipinski definition) is 3. The van der Waals surface area contributed by atoms with Crippen molar-refractivity contribution in [1.29, 1.82) is 0 Å². The molecule has 0 radical (unpaired) electrons. The highest BCUT2D eigenvalue weighted by molar-refractivity contribution is 5.84. The lowest BCUT2D eigenvalue weighted by molar-refractivity contribution is -0.139. The van der Waals surface area contributed by atoms with Crippen LogP contribution in [-0.2, 0) is 23.1 Å². The standard InChI is InChI=1S/C17H28N4O2/c1-19(11-9-15-12-18-20(2)13-15)17(23)14-21-10-7-5-3-4-6-8-16(21)22/h12-13H,3-11,14H2,1-2H3. The largest absolute Gasteiger partial charge is 0.344 e. The number of likely N-dealkylation sites (N-methyl/N-ethyl adjacent to an activating group) is 1. The van der Waals surface area contributed by atoms with Gasteiger partial charge in [-0.3, -0.25) is 14.3 Å². The van der Waals surface area contributed by atoms with Gasteiger partial charge in [0.05, 0.1) is 12.7 Å². The number of aryl methyl sites for hydroxylation is 1. The molecule has 0 aliphatic carbocycles. The Balaban J connectivity index is 1.81. The summed E-state index contributed by atoms with van der Waals surface area (Å²) in [5.74, 6) is 0.141. The molecule has 0 atom stereocenters. The molecule has 6 nitrogen and oxygen atoms in total. The smallest absolute Gasteiger partial charge is 0.241 e. The normalized spacial score (nSPS) is 16.6. The van der Waals surface area contributed by atoms with E-state index >= 15 is 0 Å². The van der Waals surface area contributed by atoms with Crippen LogP contribution in [0.3, 0.4) is 0 Å². The van der Waals surface area contributed by atoms with Gasteiger partial charge in [-0.25, -0.2) is 0 Å². The predicted octanol–water partition coefficient (Wildman–Crippen LogP) is 1.60. The van der Waals surface area contributed by atoms with E-state index < -0.39 is 0 Å². The molecule has 1 aliphatic rings. The predicted molar refractivity (Wildman–Crippen MR) is 88.8 cm³/mol. The fourth-order valence-electron chi connectivity index (χ4n) is 2.87. The monoisotopic (exact) mass is 320 g/mol. The van der Waals surface area contributed by atoms with Crippen molar-refractivity contribution in [2.45, 2.75) is 44.9 Å². The van der Waals surface area contributed by atoms with Crippen molar-refractivity contribution in [2.75, 3.05) is 26.7 Å². The highest BCUT2D eigenvalue weighted by atomic mass is 16.2. The SMILES string of the molecule is CN(CCc1cnn(C)c1)C(=O)CN1CCCCCCCC1=O. The molecule has 1 aliphatic heterocycles. The van der Waals surface area contributed by atoms with Crippen molar-refractivity contribution in [3.63, 3.8) is 0 Å². The second-order valence-corrected chi connectivity index (χ2v) is 6.42. The zero-order valence-corrected chi connectivity index (χ0v) is 14.3. The lowest BCUT2D eigenvalue weighted by atomic mass is 10.1. The van der Waals surface area contributed by atoms with Gasteiger partial charge in [-0.05, 0) is 24.8 Å². The highest BCUT2D eigenvalue weighted by Gasteiger charge is 2.19. The molecule has 0 bridgehead atoms. The maximum atomic E-state index is 12.4. The first-order chi connectivity index (χ1) is 11.1. The zero-order valence-electron chi connectivity index (χ0n) is 14.3. The quantitative estimate of drug-likeness (QED) is 0.828. The van der Waals surface area contributed by atoms with Gasteiger partial charge >= 0.3 is 0 Å². The fourth-order valence-corrected chi connectivity index (χ4v) is 2.87. The molecular weight excluding hydrogens is 292 g/mol. The third-order valence-electron chi connectivity index (χ3n) is 4.42. The third-order valence-corrected chi connectivity index (χ3v) is 4.42. The summed E-state index contributed by atoms with van der Waals surface area (Å²) in [7, 11) is 3.69. The van der Waals surface area contributed by atoms with Crippen LogP contribution < -0.4 is 0 Å². The minimum absolute atomic E-state index is 0.0153. The Bertz CT molecular complexity index is 526. The van der Waals surface area contributed by atoms with E-state index in [1.165, 1.54) is 6.42 Å². The highest BCUT2D eigenvalue weighted by Crippen LogP contribution is 2.12. The minimum atomic E-state index is 0.0153. The molecule has 2 amide bonds. The average molecular weight is 320 g/mol. The number of carbonyl (C=O) groups excluding carboxylic acids is 2. The van der Waals surface area contributed by atoms with Gasteiger partial charge in [0.15, 0.2) is 0 Å². The van der Waals surface area contributed by atoms with Crippen LogP contribution in [0.1, 0.15) is 44.1 Å². The first-order valence-corrected chi connectivity index (χ1v) is 8.55. The summed E-state index contributed by atoms with van der Waals surface area (Å²) >= 11 is 0. The molecule has 23 heavy (non-hydrogen) atoms. The van der Waals surface area contributed by atoms with Crippen LogP contribution in [0.25, 0.3) is 0 Å². The molecule has 2 rings (SSSR count). The van der Waals surface area contributed by atoms with E-state index in [1.807, 2.05) is 19.4 Å². The maximum absolute atomic E-state index is 12.4. The summed E-state index contributed by atoms with van der Waals surface area (Å²) in [6.07, 6.45) is 10.6. The van der Waals surface area contributed by atoms with Crippen LogP contribution in [0.4, 0.5) is 0 Å². The Kier molecular flexibility index (Phi) is 6.62. The molecule has 0 saturated carbocycles. The summed E-state index contributed by atoms with van der Waals surface area (Å²) in [5.41, 5.74) is 1.12. The van der Waals surface area contributed by atoms with Gasteiger partial charge in [0.1, 0.15) is 0 Å².